The van der Waals surface area contributed by atoms with Crippen LogP contribution in [0.5, 0.6) is 0 Å². The zero-order chi connectivity index (χ0) is 3.58. The summed E-state index contributed by atoms with van der Waals surface area (Å²) in [7, 11) is 0. The molecule has 0 spiro atoms. The molecule has 0 aromatic carbocycles. The van der Waals surface area contributed by atoms with E-state index < -0.39 is 0 Å². The second kappa shape index (κ2) is 5.18. The predicted octanol–water partition coefficient (Wildman–Crippen LogP) is 0.249. The van der Waals surface area contributed by atoms with E-state index in [-0.39, 0.29) is 17.1 Å². The average Bonchev–Trinajstić information content (AvgIpc) is 0.811. The largest absolute Gasteiger partial charge is 0.306 e. The third-order valence-corrected chi connectivity index (χ3v) is 0. The van der Waals surface area contributed by atoms with Gasteiger partial charge in [-0.25, -0.2) is 0 Å². The van der Waals surface area contributed by atoms with Gasteiger partial charge in [-0.3, -0.25) is 0 Å². The first-order chi connectivity index (χ1) is 1.73. The Bertz CT molecular complexity index is 14.4. The molecule has 0 rings (SSSR count). The monoisotopic (exact) mass is 149 g/mol. The molecule has 2 N–H and O–H groups in total. The van der Waals surface area contributed by atoms with Gasteiger partial charge in [-0.2, -0.15) is 0 Å². The van der Waals surface area contributed by atoms with Gasteiger partial charge < -0.3 is 5.73 Å². The molecule has 32 valence electrons. The normalized spacial score (nSPS) is 7.20. The Labute approximate surface area is 53.0 Å². The third-order valence-electron chi connectivity index (χ3n) is 0. The first-order valence-electron chi connectivity index (χ1n) is 0.736. The van der Waals surface area contributed by atoms with E-state index in [4.69, 9.17) is 5.73 Å². The van der Waals surface area contributed by atoms with E-state index in [2.05, 4.69) is 25.3 Å². The molecule has 0 aromatic rings. The van der Waals surface area contributed by atoms with E-state index in [1.807, 2.05) is 0 Å². The third kappa shape index (κ3) is 37.6. The fourth-order valence-electron chi connectivity index (χ4n) is 0. The summed E-state index contributed by atoms with van der Waals surface area (Å²) in [5.41, 5.74) is 4.76. The van der Waals surface area contributed by atoms with Gasteiger partial charge in [-0.1, -0.05) is 0 Å². The van der Waals surface area contributed by atoms with Crippen LogP contribution < -0.4 is 5.73 Å². The molecule has 1 nitrogen and oxygen atoms in total. The zero-order valence-electron chi connectivity index (χ0n) is 2.35. The molecule has 0 amide bonds. The summed E-state index contributed by atoms with van der Waals surface area (Å²) in [6, 6.07) is 0. The molecule has 4 heteroatoms. The second-order valence-corrected chi connectivity index (χ2v) is 1.67. The standard InChI is InChI=1S/CH4NS2.Mn/c2-1(3)4;/h3-4H,2H2;. The molecule has 0 aliphatic carbocycles. The van der Waals surface area contributed by atoms with Crippen molar-refractivity contribution in [1.82, 2.24) is 0 Å². The molecule has 0 aromatic heterocycles. The van der Waals surface area contributed by atoms with Gasteiger partial charge in [-0.05, 0) is 0 Å². The van der Waals surface area contributed by atoms with Crippen molar-refractivity contribution in [3.8, 4) is 0 Å². The molecule has 0 aliphatic heterocycles. The number of hydrogen-bond acceptors (Lipinski definition) is 3. The van der Waals surface area contributed by atoms with Crippen molar-refractivity contribution in [3.05, 3.63) is 4.71 Å². The van der Waals surface area contributed by atoms with E-state index in [9.17, 15) is 0 Å². The molecular formula is CH4MnNS2. The van der Waals surface area contributed by atoms with Gasteiger partial charge in [0.2, 0.25) is 0 Å². The summed E-state index contributed by atoms with van der Waals surface area (Å²) in [4.78, 5) is 0. The molecule has 0 atom stereocenters. The Balaban J connectivity index is 0. The minimum Gasteiger partial charge on any atom is -0.306 e. The summed E-state index contributed by atoms with van der Waals surface area (Å²) in [5, 5.41) is 0. The zero-order valence-corrected chi connectivity index (χ0v) is 5.32. The summed E-state index contributed by atoms with van der Waals surface area (Å²) in [5.74, 6) is 0. The van der Waals surface area contributed by atoms with Crippen molar-refractivity contribution in [2.75, 3.05) is 0 Å². The molecule has 0 bridgehead atoms. The fourth-order valence-corrected chi connectivity index (χ4v) is 0. The summed E-state index contributed by atoms with van der Waals surface area (Å²) in [6.45, 7) is 0. The molecule has 5 heavy (non-hydrogen) atoms. The van der Waals surface area contributed by atoms with Crippen LogP contribution in [0.1, 0.15) is 0 Å². The van der Waals surface area contributed by atoms with E-state index in [1.165, 1.54) is 0 Å². The maximum Gasteiger partial charge on any atom is 0.140 e. The van der Waals surface area contributed by atoms with E-state index >= 15 is 0 Å². The van der Waals surface area contributed by atoms with Crippen molar-refractivity contribution in [3.63, 3.8) is 0 Å². The summed E-state index contributed by atoms with van der Waals surface area (Å²) >= 11 is 7.05. The number of thiol groups is 2. The van der Waals surface area contributed by atoms with Gasteiger partial charge in [0.25, 0.3) is 0 Å². The minimum atomic E-state index is 0. The molecule has 0 heterocycles. The van der Waals surface area contributed by atoms with Gasteiger partial charge in [0.1, 0.15) is 4.71 Å². The number of nitrogens with two attached hydrogens (primary N) is 1. The Morgan fingerprint density at radius 3 is 1.40 bits per heavy atom. The van der Waals surface area contributed by atoms with E-state index in [0.717, 1.165) is 0 Å². The quantitative estimate of drug-likeness (QED) is 0.334. The maximum absolute atomic E-state index is 4.76. The van der Waals surface area contributed by atoms with Gasteiger partial charge in [0.15, 0.2) is 0 Å². The van der Waals surface area contributed by atoms with Crippen LogP contribution in [-0.2, 0) is 17.1 Å². The topological polar surface area (TPSA) is 26.0 Å². The van der Waals surface area contributed by atoms with Crippen molar-refractivity contribution < 1.29 is 17.1 Å². The molecule has 0 saturated heterocycles. The average molecular weight is 149 g/mol. The van der Waals surface area contributed by atoms with Crippen molar-refractivity contribution >= 4 is 25.3 Å². The van der Waals surface area contributed by atoms with Crippen LogP contribution in [0, 0.1) is 4.71 Å². The Kier molecular flexibility index (Phi) is 9.83. The smallest absolute Gasteiger partial charge is 0.140 e. The van der Waals surface area contributed by atoms with Crippen LogP contribution in [0.3, 0.4) is 0 Å². The minimum absolute atomic E-state index is 0. The molecule has 0 unspecified atom stereocenters. The molecule has 0 fully saturated rings. The van der Waals surface area contributed by atoms with Crippen molar-refractivity contribution in [2.24, 2.45) is 5.73 Å². The fraction of sp³-hybridized carbons (Fsp3) is 0. The van der Waals surface area contributed by atoms with Crippen LogP contribution in [0.15, 0.2) is 0 Å². The van der Waals surface area contributed by atoms with Crippen LogP contribution in [0.4, 0.5) is 0 Å². The summed E-state index contributed by atoms with van der Waals surface area (Å²) in [6.07, 6.45) is 0. The molecule has 2 radical (unpaired) electrons. The van der Waals surface area contributed by atoms with Crippen molar-refractivity contribution in [2.45, 2.75) is 0 Å². The number of rotatable bonds is 0. The van der Waals surface area contributed by atoms with E-state index in [1.54, 1.807) is 0 Å². The molecular weight excluding hydrogens is 145 g/mol. The molecule has 0 saturated carbocycles. The van der Waals surface area contributed by atoms with Crippen LogP contribution in [-0.4, -0.2) is 0 Å². The number of hydrogen-bond donors (Lipinski definition) is 3. The van der Waals surface area contributed by atoms with Gasteiger partial charge >= 0.3 is 0 Å². The van der Waals surface area contributed by atoms with Crippen LogP contribution in [0.2, 0.25) is 0 Å². The van der Waals surface area contributed by atoms with Crippen LogP contribution >= 0.6 is 25.3 Å². The Morgan fingerprint density at radius 1 is 1.40 bits per heavy atom. The maximum atomic E-state index is 4.76. The molecule has 0 aliphatic rings. The van der Waals surface area contributed by atoms with Gasteiger partial charge in [0.05, 0.1) is 0 Å². The van der Waals surface area contributed by atoms with Crippen molar-refractivity contribution in [1.29, 1.82) is 0 Å². The SMILES string of the molecule is N[C](S)S.[Mn]. The first kappa shape index (κ1) is 9.49. The Morgan fingerprint density at radius 2 is 1.40 bits per heavy atom. The van der Waals surface area contributed by atoms with E-state index in [0.29, 0.717) is 4.71 Å². The van der Waals surface area contributed by atoms with Crippen LogP contribution in [0.25, 0.3) is 0 Å². The Hall–Kier alpha value is 1.18. The second-order valence-electron chi connectivity index (χ2n) is 0.358. The van der Waals surface area contributed by atoms with Gasteiger partial charge in [-0.15, -0.1) is 25.3 Å². The summed E-state index contributed by atoms with van der Waals surface area (Å²) < 4.78 is 0.306. The predicted molar refractivity (Wildman–Crippen MR) is 25.4 cm³/mol. The first-order valence-corrected chi connectivity index (χ1v) is 1.63. The van der Waals surface area contributed by atoms with Gasteiger partial charge in [0, 0.05) is 17.1 Å².